The van der Waals surface area contributed by atoms with E-state index in [0.717, 1.165) is 23.3 Å². The molecular weight excluding hydrogens is 265 g/mol. The van der Waals surface area contributed by atoms with E-state index in [1.807, 2.05) is 26.8 Å². The summed E-state index contributed by atoms with van der Waals surface area (Å²) in [5.74, 6) is 0.795. The number of rotatable bonds is 3. The van der Waals surface area contributed by atoms with Crippen LogP contribution in [0.1, 0.15) is 31.9 Å². The molecule has 1 aliphatic rings. The van der Waals surface area contributed by atoms with Crippen molar-refractivity contribution in [2.45, 2.75) is 39.3 Å². The number of fused-ring (bicyclic) bond motifs is 1. The smallest absolute Gasteiger partial charge is 0.132 e. The summed E-state index contributed by atoms with van der Waals surface area (Å²) in [6, 6.07) is 3.69. The summed E-state index contributed by atoms with van der Waals surface area (Å²) in [5, 5.41) is 0.632. The lowest BCUT2D eigenvalue weighted by Gasteiger charge is -2.37. The molecule has 0 saturated heterocycles. The molecule has 0 radical (unpaired) electrons. The van der Waals surface area contributed by atoms with Crippen molar-refractivity contribution in [1.82, 2.24) is 0 Å². The summed E-state index contributed by atoms with van der Waals surface area (Å²) in [5.41, 5.74) is 5.56. The number of benzene rings is 1. The summed E-state index contributed by atoms with van der Waals surface area (Å²) in [7, 11) is 0. The van der Waals surface area contributed by atoms with Crippen LogP contribution < -0.4 is 10.5 Å². The third-order valence-corrected chi connectivity index (χ3v) is 4.18. The molecule has 1 unspecified atom stereocenters. The van der Waals surface area contributed by atoms with Gasteiger partial charge in [-0.2, -0.15) is 0 Å². The number of ether oxygens (including phenoxy) is 1. The molecule has 0 saturated carbocycles. The number of nitrogens with two attached hydrogens (primary N) is 1. The second-order valence-electron chi connectivity index (χ2n) is 6.25. The van der Waals surface area contributed by atoms with Gasteiger partial charge in [0.25, 0.3) is 0 Å². The van der Waals surface area contributed by atoms with E-state index in [9.17, 15) is 0 Å². The predicted octanol–water partition coefficient (Wildman–Crippen LogP) is 3.53. The van der Waals surface area contributed by atoms with E-state index in [1.54, 1.807) is 6.07 Å². The van der Waals surface area contributed by atoms with Crippen LogP contribution in [-0.2, 0) is 12.8 Å². The van der Waals surface area contributed by atoms with E-state index in [1.165, 1.54) is 0 Å². The minimum absolute atomic E-state index is 0.0161. The lowest BCUT2D eigenvalue weighted by molar-refractivity contribution is 0.0377. The van der Waals surface area contributed by atoms with Crippen LogP contribution in [0.2, 0.25) is 5.02 Å². The second-order valence-corrected chi connectivity index (χ2v) is 6.68. The van der Waals surface area contributed by atoms with Gasteiger partial charge in [-0.15, -0.1) is 0 Å². The maximum Gasteiger partial charge on any atom is 0.132 e. The first-order chi connectivity index (χ1) is 8.77. The Labute approximate surface area is 119 Å². The van der Waals surface area contributed by atoms with Gasteiger partial charge in [0.15, 0.2) is 0 Å². The number of hydrogen-bond acceptors (Lipinski definition) is 2. The molecule has 2 nitrogen and oxygen atoms in total. The van der Waals surface area contributed by atoms with E-state index in [4.69, 9.17) is 22.1 Å². The Balaban J connectivity index is 2.38. The van der Waals surface area contributed by atoms with Gasteiger partial charge in [-0.05, 0) is 28.7 Å². The zero-order valence-corrected chi connectivity index (χ0v) is 12.5. The first-order valence-corrected chi connectivity index (χ1v) is 6.98. The minimum Gasteiger partial charge on any atom is -0.493 e. The average molecular weight is 286 g/mol. The molecule has 2 rings (SSSR count). The summed E-state index contributed by atoms with van der Waals surface area (Å²) in [6.07, 6.45) is 1.07. The van der Waals surface area contributed by atoms with Crippen molar-refractivity contribution in [2.24, 2.45) is 11.1 Å². The summed E-state index contributed by atoms with van der Waals surface area (Å²) in [4.78, 5) is 0. The van der Waals surface area contributed by atoms with Gasteiger partial charge in [0.05, 0.1) is 6.61 Å². The Kier molecular flexibility index (Phi) is 3.80. The van der Waals surface area contributed by atoms with Crippen molar-refractivity contribution in [3.05, 3.63) is 28.3 Å². The molecule has 0 aliphatic carbocycles. The van der Waals surface area contributed by atoms with Crippen LogP contribution in [0.3, 0.4) is 0 Å². The molecule has 1 aromatic carbocycles. The van der Waals surface area contributed by atoms with E-state index < -0.39 is 11.1 Å². The highest BCUT2D eigenvalue weighted by molar-refractivity contribution is 6.30. The molecular formula is C15H21ClFNO. The van der Waals surface area contributed by atoms with E-state index in [2.05, 4.69) is 0 Å². The van der Waals surface area contributed by atoms with E-state index >= 15 is 4.39 Å². The molecule has 2 N–H and O–H groups in total. The summed E-state index contributed by atoms with van der Waals surface area (Å²) >= 11 is 6.11. The zero-order chi connectivity index (χ0) is 14.3. The van der Waals surface area contributed by atoms with Gasteiger partial charge >= 0.3 is 0 Å². The monoisotopic (exact) mass is 285 g/mol. The highest BCUT2D eigenvalue weighted by atomic mass is 35.5. The standard InChI is InChI=1S/C15H21ClFNO/c1-14(2,3)15(17,9-18)8-11-7-12(16)6-10-4-5-19-13(10)11/h6-7H,4-5,8-9,18H2,1-3H3. The van der Waals surface area contributed by atoms with E-state index in [0.29, 0.717) is 11.6 Å². The van der Waals surface area contributed by atoms with Crippen LogP contribution in [0.4, 0.5) is 4.39 Å². The second kappa shape index (κ2) is 4.95. The fraction of sp³-hybridized carbons (Fsp3) is 0.600. The lowest BCUT2D eigenvalue weighted by atomic mass is 9.74. The number of alkyl halides is 1. The molecule has 0 aromatic heterocycles. The van der Waals surface area contributed by atoms with Crippen molar-refractivity contribution in [3.8, 4) is 5.75 Å². The predicted molar refractivity (Wildman–Crippen MR) is 76.7 cm³/mol. The van der Waals surface area contributed by atoms with Crippen LogP contribution in [0.5, 0.6) is 5.75 Å². The van der Waals surface area contributed by atoms with Crippen LogP contribution in [0.25, 0.3) is 0 Å². The Hall–Kier alpha value is -0.800. The van der Waals surface area contributed by atoms with Crippen molar-refractivity contribution in [2.75, 3.05) is 13.2 Å². The Bertz CT molecular complexity index is 484. The van der Waals surface area contributed by atoms with Gasteiger partial charge in [0.2, 0.25) is 0 Å². The molecule has 0 bridgehead atoms. The molecule has 19 heavy (non-hydrogen) atoms. The quantitative estimate of drug-likeness (QED) is 0.922. The fourth-order valence-electron chi connectivity index (χ4n) is 2.42. The van der Waals surface area contributed by atoms with Gasteiger partial charge in [0.1, 0.15) is 11.4 Å². The van der Waals surface area contributed by atoms with Crippen molar-refractivity contribution < 1.29 is 9.13 Å². The fourth-order valence-corrected chi connectivity index (χ4v) is 2.69. The normalized spacial score (nSPS) is 17.8. The SMILES string of the molecule is CC(C)(C)C(F)(CN)Cc1cc(Cl)cc2c1OCC2. The summed E-state index contributed by atoms with van der Waals surface area (Å²) < 4.78 is 20.7. The van der Waals surface area contributed by atoms with Crippen LogP contribution in [0.15, 0.2) is 12.1 Å². The first-order valence-electron chi connectivity index (χ1n) is 6.60. The molecule has 0 fully saturated rings. The molecule has 0 spiro atoms. The Morgan fingerprint density at radius 3 is 2.63 bits per heavy atom. The largest absolute Gasteiger partial charge is 0.493 e. The van der Waals surface area contributed by atoms with Crippen LogP contribution in [-0.4, -0.2) is 18.8 Å². The maximum atomic E-state index is 15.1. The van der Waals surface area contributed by atoms with Gasteiger partial charge in [-0.25, -0.2) is 4.39 Å². The first kappa shape index (κ1) is 14.6. The average Bonchev–Trinajstić information content (AvgIpc) is 2.75. The Morgan fingerprint density at radius 1 is 1.37 bits per heavy atom. The third kappa shape index (κ3) is 2.72. The Morgan fingerprint density at radius 2 is 2.05 bits per heavy atom. The third-order valence-electron chi connectivity index (χ3n) is 3.96. The molecule has 1 atom stereocenters. The van der Waals surface area contributed by atoms with Crippen LogP contribution >= 0.6 is 11.6 Å². The van der Waals surface area contributed by atoms with E-state index in [-0.39, 0.29) is 13.0 Å². The molecule has 0 amide bonds. The highest BCUT2D eigenvalue weighted by Gasteiger charge is 2.42. The van der Waals surface area contributed by atoms with Gasteiger partial charge in [-0.1, -0.05) is 32.4 Å². The van der Waals surface area contributed by atoms with Crippen LogP contribution in [0, 0.1) is 5.41 Å². The maximum absolute atomic E-state index is 15.1. The van der Waals surface area contributed by atoms with Crippen molar-refractivity contribution in [1.29, 1.82) is 0 Å². The number of halogens is 2. The topological polar surface area (TPSA) is 35.2 Å². The van der Waals surface area contributed by atoms with Gasteiger partial charge in [0, 0.05) is 24.4 Å². The molecule has 4 heteroatoms. The molecule has 106 valence electrons. The minimum atomic E-state index is -1.47. The lowest BCUT2D eigenvalue weighted by Crippen LogP contribution is -2.47. The van der Waals surface area contributed by atoms with Gasteiger partial charge in [-0.3, -0.25) is 0 Å². The van der Waals surface area contributed by atoms with Crippen molar-refractivity contribution in [3.63, 3.8) is 0 Å². The molecule has 1 heterocycles. The molecule has 1 aromatic rings. The number of hydrogen-bond donors (Lipinski definition) is 1. The molecule has 1 aliphatic heterocycles. The summed E-state index contributed by atoms with van der Waals surface area (Å²) in [6.45, 7) is 6.22. The van der Waals surface area contributed by atoms with Crippen molar-refractivity contribution >= 4 is 11.6 Å². The zero-order valence-electron chi connectivity index (χ0n) is 11.7. The highest BCUT2D eigenvalue weighted by Crippen LogP contribution is 2.41. The van der Waals surface area contributed by atoms with Gasteiger partial charge < -0.3 is 10.5 Å².